The highest BCUT2D eigenvalue weighted by Gasteiger charge is 2.36. The van der Waals surface area contributed by atoms with Gasteiger partial charge < -0.3 is 4.74 Å². The third kappa shape index (κ3) is 5.90. The zero-order valence-electron chi connectivity index (χ0n) is 23.4. The topological polar surface area (TPSA) is 88.2 Å². The quantitative estimate of drug-likeness (QED) is 0.120. The molecule has 0 saturated heterocycles. The molecule has 4 aromatic rings. The van der Waals surface area contributed by atoms with Crippen molar-refractivity contribution in [2.24, 2.45) is 0 Å². The molecule has 2 heterocycles. The van der Waals surface area contributed by atoms with Crippen molar-refractivity contribution in [2.75, 3.05) is 6.61 Å². The van der Waals surface area contributed by atoms with Crippen molar-refractivity contribution in [1.82, 2.24) is 14.7 Å². The molecule has 3 aromatic carbocycles. The lowest BCUT2D eigenvalue weighted by atomic mass is 9.93. The summed E-state index contributed by atoms with van der Waals surface area (Å²) in [6.45, 7) is 4.29. The van der Waals surface area contributed by atoms with Crippen molar-refractivity contribution in [1.29, 1.82) is 5.26 Å². The van der Waals surface area contributed by atoms with Crippen molar-refractivity contribution < 1.29 is 14.3 Å². The number of hydrogen-bond acceptors (Lipinski definition) is 5. The van der Waals surface area contributed by atoms with Crippen LogP contribution < -0.4 is 4.74 Å². The molecule has 2 amide bonds. The largest absolute Gasteiger partial charge is 0.494 e. The Kier molecular flexibility index (Phi) is 8.66. The van der Waals surface area contributed by atoms with Gasteiger partial charge in [0.15, 0.2) is 0 Å². The Hall–Kier alpha value is -4.93. The molecule has 42 heavy (non-hydrogen) atoms. The fourth-order valence-corrected chi connectivity index (χ4v) is 4.92. The Morgan fingerprint density at radius 2 is 1.76 bits per heavy atom. The van der Waals surface area contributed by atoms with Crippen molar-refractivity contribution >= 4 is 29.5 Å². The van der Waals surface area contributed by atoms with Crippen molar-refractivity contribution in [3.8, 4) is 28.8 Å². The van der Waals surface area contributed by atoms with E-state index in [4.69, 9.17) is 21.4 Å². The van der Waals surface area contributed by atoms with Gasteiger partial charge in [-0.2, -0.15) is 10.4 Å². The molecule has 1 aliphatic heterocycles. The van der Waals surface area contributed by atoms with E-state index in [1.807, 2.05) is 66.9 Å². The van der Waals surface area contributed by atoms with E-state index < -0.39 is 11.8 Å². The van der Waals surface area contributed by atoms with E-state index >= 15 is 0 Å². The number of aromatic nitrogens is 2. The SMILES string of the molecule is CCCCOc1cccc(-c2nn(-c3ccccc3)cc2/C=C2/C(=O)N(Cc3ccccc3Cl)C(=O)C(C#N)=C2C)c1. The van der Waals surface area contributed by atoms with Crippen LogP contribution in [0.3, 0.4) is 0 Å². The molecule has 0 unspecified atom stereocenters. The number of halogens is 1. The van der Waals surface area contributed by atoms with Gasteiger partial charge in [-0.1, -0.05) is 73.5 Å². The van der Waals surface area contributed by atoms with Crippen LogP contribution in [0.15, 0.2) is 102 Å². The van der Waals surface area contributed by atoms with Gasteiger partial charge in [0, 0.05) is 27.9 Å². The highest BCUT2D eigenvalue weighted by atomic mass is 35.5. The predicted molar refractivity (Wildman–Crippen MR) is 163 cm³/mol. The molecule has 8 heteroatoms. The Bertz CT molecular complexity index is 1750. The number of rotatable bonds is 9. The maximum absolute atomic E-state index is 13.9. The van der Waals surface area contributed by atoms with Crippen molar-refractivity contribution in [3.63, 3.8) is 0 Å². The number of carbonyl (C=O) groups excluding carboxylic acids is 2. The number of carbonyl (C=O) groups is 2. The average molecular weight is 577 g/mol. The third-order valence-electron chi connectivity index (χ3n) is 7.05. The van der Waals surface area contributed by atoms with Crippen LogP contribution in [0, 0.1) is 11.3 Å². The highest BCUT2D eigenvalue weighted by molar-refractivity contribution is 6.31. The summed E-state index contributed by atoms with van der Waals surface area (Å²) >= 11 is 6.34. The van der Waals surface area contributed by atoms with E-state index in [1.165, 1.54) is 0 Å². The number of imide groups is 1. The first-order valence-electron chi connectivity index (χ1n) is 13.7. The molecule has 1 aromatic heterocycles. The average Bonchev–Trinajstić information content (AvgIpc) is 3.43. The molecule has 0 atom stereocenters. The van der Waals surface area contributed by atoms with Gasteiger partial charge in [0.1, 0.15) is 23.1 Å². The summed E-state index contributed by atoms with van der Waals surface area (Å²) in [5.41, 5.74) is 4.00. The number of ether oxygens (including phenoxy) is 1. The summed E-state index contributed by atoms with van der Waals surface area (Å²) in [4.78, 5) is 28.2. The van der Waals surface area contributed by atoms with Crippen LogP contribution in [0.25, 0.3) is 23.0 Å². The molecule has 0 spiro atoms. The standard InChI is InChI=1S/C34H29ClN4O3/c1-3-4-17-42-28-15-10-12-24(18-28)32-26(22-39(37-32)27-13-6-5-7-14-27)19-29-23(2)30(20-36)34(41)38(33(29)40)21-25-11-8-9-16-31(25)35/h5-16,18-19,22H,3-4,17,21H2,1-2H3/b29-19+. The number of hydrogen-bond donors (Lipinski definition) is 0. The first-order valence-corrected chi connectivity index (χ1v) is 14.1. The first-order chi connectivity index (χ1) is 20.4. The second kappa shape index (κ2) is 12.7. The number of unbranched alkanes of at least 4 members (excludes halogenated alkanes) is 1. The lowest BCUT2D eigenvalue weighted by Crippen LogP contribution is -2.42. The summed E-state index contributed by atoms with van der Waals surface area (Å²) in [6, 6.07) is 26.3. The van der Waals surface area contributed by atoms with Gasteiger partial charge in [0.2, 0.25) is 0 Å². The minimum atomic E-state index is -0.644. The maximum Gasteiger partial charge on any atom is 0.271 e. The minimum absolute atomic E-state index is 0.0551. The van der Waals surface area contributed by atoms with Gasteiger partial charge in [-0.15, -0.1) is 0 Å². The van der Waals surface area contributed by atoms with Crippen LogP contribution in [0.4, 0.5) is 0 Å². The lowest BCUT2D eigenvalue weighted by molar-refractivity contribution is -0.141. The fourth-order valence-electron chi connectivity index (χ4n) is 4.72. The minimum Gasteiger partial charge on any atom is -0.494 e. The van der Waals surface area contributed by atoms with Crippen LogP contribution in [-0.4, -0.2) is 33.1 Å². The van der Waals surface area contributed by atoms with Gasteiger partial charge in [-0.3, -0.25) is 14.5 Å². The number of nitriles is 1. The first kappa shape index (κ1) is 28.6. The lowest BCUT2D eigenvalue weighted by Gasteiger charge is -2.27. The second-order valence-corrected chi connectivity index (χ2v) is 10.3. The van der Waals surface area contributed by atoms with Gasteiger partial charge >= 0.3 is 0 Å². The molecule has 0 aliphatic carbocycles. The van der Waals surface area contributed by atoms with Crippen molar-refractivity contribution in [2.45, 2.75) is 33.2 Å². The van der Waals surface area contributed by atoms with Crippen LogP contribution in [0.5, 0.6) is 5.75 Å². The molecule has 5 rings (SSSR count). The van der Waals surface area contributed by atoms with Crippen LogP contribution in [0.1, 0.15) is 37.8 Å². The van der Waals surface area contributed by atoms with E-state index in [0.29, 0.717) is 34.0 Å². The van der Waals surface area contributed by atoms with Gasteiger partial charge in [-0.25, -0.2) is 4.68 Å². The number of nitrogens with zero attached hydrogens (tertiary/aromatic N) is 4. The van der Waals surface area contributed by atoms with E-state index in [2.05, 4.69) is 6.92 Å². The molecule has 0 fully saturated rings. The van der Waals surface area contributed by atoms with Crippen LogP contribution in [-0.2, 0) is 16.1 Å². The Balaban J connectivity index is 1.62. The summed E-state index contributed by atoms with van der Waals surface area (Å²) in [7, 11) is 0. The molecule has 210 valence electrons. The number of para-hydroxylation sites is 1. The molecular formula is C34H29ClN4O3. The maximum atomic E-state index is 13.9. The molecular weight excluding hydrogens is 548 g/mol. The van der Waals surface area contributed by atoms with E-state index in [9.17, 15) is 14.9 Å². The van der Waals surface area contributed by atoms with E-state index in [-0.39, 0.29) is 17.7 Å². The zero-order valence-corrected chi connectivity index (χ0v) is 24.1. The normalized spacial score (nSPS) is 14.4. The second-order valence-electron chi connectivity index (χ2n) is 9.90. The summed E-state index contributed by atoms with van der Waals surface area (Å²) < 4.78 is 7.69. The summed E-state index contributed by atoms with van der Waals surface area (Å²) in [5, 5.41) is 15.2. The third-order valence-corrected chi connectivity index (χ3v) is 7.42. The van der Waals surface area contributed by atoms with Crippen molar-refractivity contribution in [3.05, 3.63) is 118 Å². The number of benzene rings is 3. The zero-order chi connectivity index (χ0) is 29.6. The van der Waals surface area contributed by atoms with Gasteiger partial charge in [-0.05, 0) is 60.9 Å². The molecule has 7 nitrogen and oxygen atoms in total. The molecule has 0 N–H and O–H groups in total. The molecule has 0 radical (unpaired) electrons. The monoisotopic (exact) mass is 576 g/mol. The van der Waals surface area contributed by atoms with Gasteiger partial charge in [0.05, 0.1) is 18.8 Å². The highest BCUT2D eigenvalue weighted by Crippen LogP contribution is 2.33. The van der Waals surface area contributed by atoms with Crippen LogP contribution >= 0.6 is 11.6 Å². The Morgan fingerprint density at radius 3 is 2.50 bits per heavy atom. The fraction of sp³-hybridized carbons (Fsp3) is 0.176. The molecule has 0 saturated carbocycles. The van der Waals surface area contributed by atoms with Gasteiger partial charge in [0.25, 0.3) is 11.8 Å². The molecule has 1 aliphatic rings. The smallest absolute Gasteiger partial charge is 0.271 e. The number of amides is 2. The molecule has 0 bridgehead atoms. The Labute approximate surface area is 249 Å². The predicted octanol–water partition coefficient (Wildman–Crippen LogP) is 7.16. The van der Waals surface area contributed by atoms with E-state index in [0.717, 1.165) is 34.7 Å². The van der Waals surface area contributed by atoms with E-state index in [1.54, 1.807) is 41.9 Å². The van der Waals surface area contributed by atoms with Crippen LogP contribution in [0.2, 0.25) is 5.02 Å². The summed E-state index contributed by atoms with van der Waals surface area (Å²) in [5.74, 6) is -0.428. The Morgan fingerprint density at radius 1 is 1.00 bits per heavy atom. The summed E-state index contributed by atoms with van der Waals surface area (Å²) in [6.07, 6.45) is 5.51.